The Hall–Kier alpha value is -3.02. The van der Waals surface area contributed by atoms with Crippen molar-refractivity contribution in [3.05, 3.63) is 63.8 Å². The van der Waals surface area contributed by atoms with Gasteiger partial charge in [0, 0.05) is 29.2 Å². The molecule has 1 N–H and O–H groups in total. The Labute approximate surface area is 151 Å². The van der Waals surface area contributed by atoms with Crippen LogP contribution in [0.25, 0.3) is 10.9 Å². The highest BCUT2D eigenvalue weighted by molar-refractivity contribution is 5.84. The maximum Gasteiger partial charge on any atom is 0.273 e. The van der Waals surface area contributed by atoms with E-state index < -0.39 is 4.92 Å². The standard InChI is InChI=1S/C20H22N2O4/c1-3-26-20-11-16(22(23)24)8-7-14(20)5-4-6-15-13-21-19-12-17(25-2)9-10-18(15)19/h7-13,21H,3-6H2,1-2H3. The predicted octanol–water partition coefficient (Wildman–Crippen LogP) is 4.66. The number of fused-ring (bicyclic) bond motifs is 1. The van der Waals surface area contributed by atoms with E-state index in [1.54, 1.807) is 13.2 Å². The van der Waals surface area contributed by atoms with E-state index in [9.17, 15) is 10.1 Å². The lowest BCUT2D eigenvalue weighted by Gasteiger charge is -2.10. The molecule has 136 valence electrons. The zero-order valence-corrected chi connectivity index (χ0v) is 15.0. The summed E-state index contributed by atoms with van der Waals surface area (Å²) in [6.45, 7) is 2.36. The smallest absolute Gasteiger partial charge is 0.273 e. The van der Waals surface area contributed by atoms with Crippen molar-refractivity contribution in [2.75, 3.05) is 13.7 Å². The number of nitro benzene ring substituents is 1. The highest BCUT2D eigenvalue weighted by Gasteiger charge is 2.12. The van der Waals surface area contributed by atoms with Gasteiger partial charge in [-0.2, -0.15) is 0 Å². The Morgan fingerprint density at radius 2 is 1.92 bits per heavy atom. The number of benzene rings is 2. The van der Waals surface area contributed by atoms with Crippen LogP contribution >= 0.6 is 0 Å². The molecule has 2 aromatic carbocycles. The Balaban J connectivity index is 1.70. The minimum absolute atomic E-state index is 0.0581. The highest BCUT2D eigenvalue weighted by atomic mass is 16.6. The molecule has 0 saturated carbocycles. The van der Waals surface area contributed by atoms with E-state index >= 15 is 0 Å². The van der Waals surface area contributed by atoms with Gasteiger partial charge in [-0.1, -0.05) is 0 Å². The summed E-state index contributed by atoms with van der Waals surface area (Å²) in [7, 11) is 1.66. The van der Waals surface area contributed by atoms with Crippen LogP contribution in [0.1, 0.15) is 24.5 Å². The molecule has 0 aliphatic rings. The molecule has 6 heteroatoms. The van der Waals surface area contributed by atoms with Crippen molar-refractivity contribution >= 4 is 16.6 Å². The third-order valence-electron chi connectivity index (χ3n) is 4.43. The number of hydrogen-bond acceptors (Lipinski definition) is 4. The zero-order chi connectivity index (χ0) is 18.5. The van der Waals surface area contributed by atoms with Gasteiger partial charge in [-0.15, -0.1) is 0 Å². The van der Waals surface area contributed by atoms with Crippen molar-refractivity contribution in [2.24, 2.45) is 0 Å². The molecule has 0 spiro atoms. The second-order valence-corrected chi connectivity index (χ2v) is 6.06. The molecule has 0 saturated heterocycles. The second-order valence-electron chi connectivity index (χ2n) is 6.06. The number of hydrogen-bond donors (Lipinski definition) is 1. The fourth-order valence-electron chi connectivity index (χ4n) is 3.12. The molecule has 6 nitrogen and oxygen atoms in total. The summed E-state index contributed by atoms with van der Waals surface area (Å²) in [5.41, 5.74) is 3.37. The van der Waals surface area contributed by atoms with Gasteiger partial charge in [-0.05, 0) is 55.5 Å². The molecule has 1 heterocycles. The number of H-pyrrole nitrogens is 1. The SMILES string of the molecule is CCOc1cc([N+](=O)[O-])ccc1CCCc1c[nH]c2cc(OC)ccc12. The monoisotopic (exact) mass is 354 g/mol. The maximum atomic E-state index is 10.9. The summed E-state index contributed by atoms with van der Waals surface area (Å²) in [5.74, 6) is 1.43. The number of rotatable bonds is 8. The maximum absolute atomic E-state index is 10.9. The Kier molecular flexibility index (Phi) is 5.41. The van der Waals surface area contributed by atoms with Gasteiger partial charge in [0.25, 0.3) is 5.69 Å². The topological polar surface area (TPSA) is 77.4 Å². The van der Waals surface area contributed by atoms with Crippen LogP contribution in [0, 0.1) is 10.1 Å². The fraction of sp³-hybridized carbons (Fsp3) is 0.300. The number of aromatic amines is 1. The second kappa shape index (κ2) is 7.91. The molecule has 0 unspecified atom stereocenters. The summed E-state index contributed by atoms with van der Waals surface area (Å²) >= 11 is 0. The van der Waals surface area contributed by atoms with Crippen LogP contribution in [-0.4, -0.2) is 23.6 Å². The van der Waals surface area contributed by atoms with E-state index in [4.69, 9.17) is 9.47 Å². The van der Waals surface area contributed by atoms with E-state index in [0.717, 1.165) is 36.1 Å². The molecule has 0 aliphatic carbocycles. The van der Waals surface area contributed by atoms with E-state index in [1.165, 1.54) is 23.1 Å². The lowest BCUT2D eigenvalue weighted by atomic mass is 10.0. The van der Waals surface area contributed by atoms with Crippen molar-refractivity contribution in [3.63, 3.8) is 0 Å². The molecule has 1 aromatic heterocycles. The highest BCUT2D eigenvalue weighted by Crippen LogP contribution is 2.28. The Bertz CT molecular complexity index is 917. The van der Waals surface area contributed by atoms with Crippen LogP contribution in [0.15, 0.2) is 42.6 Å². The third-order valence-corrected chi connectivity index (χ3v) is 4.43. The van der Waals surface area contributed by atoms with Gasteiger partial charge in [0.05, 0.1) is 24.7 Å². The van der Waals surface area contributed by atoms with Gasteiger partial charge >= 0.3 is 0 Å². The molecular weight excluding hydrogens is 332 g/mol. The molecule has 0 aliphatic heterocycles. The number of nitrogens with one attached hydrogen (secondary N) is 1. The largest absolute Gasteiger partial charge is 0.497 e. The first kappa shape index (κ1) is 17.8. The normalized spacial score (nSPS) is 10.8. The third kappa shape index (κ3) is 3.79. The van der Waals surface area contributed by atoms with Crippen LogP contribution in [-0.2, 0) is 12.8 Å². The first-order valence-corrected chi connectivity index (χ1v) is 8.66. The number of methoxy groups -OCH3 is 1. The molecule has 0 radical (unpaired) electrons. The first-order chi connectivity index (χ1) is 12.6. The quantitative estimate of drug-likeness (QED) is 0.471. The van der Waals surface area contributed by atoms with E-state index in [-0.39, 0.29) is 5.69 Å². The molecule has 3 aromatic rings. The van der Waals surface area contributed by atoms with Crippen molar-refractivity contribution in [2.45, 2.75) is 26.2 Å². The van der Waals surface area contributed by atoms with Crippen LogP contribution in [0.5, 0.6) is 11.5 Å². The van der Waals surface area contributed by atoms with E-state index in [0.29, 0.717) is 12.4 Å². The van der Waals surface area contributed by atoms with Gasteiger partial charge < -0.3 is 14.5 Å². The lowest BCUT2D eigenvalue weighted by molar-refractivity contribution is -0.384. The summed E-state index contributed by atoms with van der Waals surface area (Å²) in [6, 6.07) is 10.9. The van der Waals surface area contributed by atoms with Crippen LogP contribution in [0.4, 0.5) is 5.69 Å². The van der Waals surface area contributed by atoms with Gasteiger partial charge in [0.2, 0.25) is 0 Å². The van der Waals surface area contributed by atoms with Crippen LogP contribution < -0.4 is 9.47 Å². The molecule has 0 bridgehead atoms. The van der Waals surface area contributed by atoms with E-state index in [1.807, 2.05) is 25.3 Å². The number of nitrogens with zero attached hydrogens (tertiary/aromatic N) is 1. The van der Waals surface area contributed by atoms with Crippen molar-refractivity contribution in [3.8, 4) is 11.5 Å². The number of ether oxygens (including phenoxy) is 2. The van der Waals surface area contributed by atoms with Gasteiger partial charge in [-0.25, -0.2) is 0 Å². The summed E-state index contributed by atoms with van der Waals surface area (Å²) in [6.07, 6.45) is 4.67. The Morgan fingerprint density at radius 1 is 1.12 bits per heavy atom. The predicted molar refractivity (Wildman–Crippen MR) is 101 cm³/mol. The molecular formula is C20H22N2O4. The minimum atomic E-state index is -0.396. The lowest BCUT2D eigenvalue weighted by Crippen LogP contribution is -1.99. The van der Waals surface area contributed by atoms with Crippen molar-refractivity contribution in [1.82, 2.24) is 4.98 Å². The van der Waals surface area contributed by atoms with Gasteiger partial charge in [0.1, 0.15) is 11.5 Å². The molecule has 0 atom stereocenters. The number of non-ortho nitro benzene ring substituents is 1. The molecule has 3 rings (SSSR count). The van der Waals surface area contributed by atoms with E-state index in [2.05, 4.69) is 11.1 Å². The molecule has 26 heavy (non-hydrogen) atoms. The van der Waals surface area contributed by atoms with Crippen LogP contribution in [0.2, 0.25) is 0 Å². The summed E-state index contributed by atoms with van der Waals surface area (Å²) in [5, 5.41) is 12.1. The zero-order valence-electron chi connectivity index (χ0n) is 15.0. The number of aromatic nitrogens is 1. The molecule has 0 fully saturated rings. The van der Waals surface area contributed by atoms with Crippen molar-refractivity contribution < 1.29 is 14.4 Å². The first-order valence-electron chi connectivity index (χ1n) is 8.66. The van der Waals surface area contributed by atoms with Gasteiger partial charge in [0.15, 0.2) is 0 Å². The van der Waals surface area contributed by atoms with Crippen LogP contribution in [0.3, 0.4) is 0 Å². The number of nitro groups is 1. The fourth-order valence-corrected chi connectivity index (χ4v) is 3.12. The van der Waals surface area contributed by atoms with Crippen molar-refractivity contribution in [1.29, 1.82) is 0 Å². The molecule has 0 amide bonds. The average molecular weight is 354 g/mol. The number of aryl methyl sites for hydroxylation is 2. The summed E-state index contributed by atoms with van der Waals surface area (Å²) < 4.78 is 10.8. The average Bonchev–Trinajstić information content (AvgIpc) is 3.05. The summed E-state index contributed by atoms with van der Waals surface area (Å²) in [4.78, 5) is 13.8. The van der Waals surface area contributed by atoms with Gasteiger partial charge in [-0.3, -0.25) is 10.1 Å². The minimum Gasteiger partial charge on any atom is -0.497 e. The Morgan fingerprint density at radius 3 is 2.65 bits per heavy atom.